The molecule has 0 saturated carbocycles. The molecule has 0 atom stereocenters. The number of anilines is 2. The quantitative estimate of drug-likeness (QED) is 0.540. The number of hydrogen-bond acceptors (Lipinski definition) is 4. The molecule has 3 aromatic rings. The van der Waals surface area contributed by atoms with Crippen LogP contribution in [0.1, 0.15) is 25.8 Å². The summed E-state index contributed by atoms with van der Waals surface area (Å²) in [5, 5.41) is 12.8. The van der Waals surface area contributed by atoms with Gasteiger partial charge in [-0.3, -0.25) is 0 Å². The summed E-state index contributed by atoms with van der Waals surface area (Å²) in [6.07, 6.45) is 3.82. The van der Waals surface area contributed by atoms with Crippen LogP contribution in [-0.4, -0.2) is 16.1 Å². The smallest absolute Gasteiger partial charge is 0.332 e. The van der Waals surface area contributed by atoms with Gasteiger partial charge in [0.2, 0.25) is 0 Å². The van der Waals surface area contributed by atoms with E-state index in [-0.39, 0.29) is 11.5 Å². The van der Waals surface area contributed by atoms with Crippen molar-refractivity contribution in [2.75, 3.05) is 5.32 Å². The highest BCUT2D eigenvalue weighted by Gasteiger charge is 2.32. The van der Waals surface area contributed by atoms with Crippen LogP contribution in [0, 0.1) is 17.0 Å². The van der Waals surface area contributed by atoms with Crippen LogP contribution in [0.5, 0.6) is 0 Å². The van der Waals surface area contributed by atoms with Crippen molar-refractivity contribution in [2.24, 2.45) is 5.41 Å². The second kappa shape index (κ2) is 7.08. The lowest BCUT2D eigenvalue weighted by molar-refractivity contribution is -0.133. The van der Waals surface area contributed by atoms with Gasteiger partial charge in [0.15, 0.2) is 5.13 Å². The van der Waals surface area contributed by atoms with Gasteiger partial charge in [-0.15, -0.1) is 0 Å². The molecule has 0 amide bonds. The Morgan fingerprint density at radius 2 is 1.97 bits per heavy atom. The Bertz CT molecular complexity index is 1190. The number of carboxylic acid groups (broad SMARTS) is 1. The molecule has 0 saturated heterocycles. The largest absolute Gasteiger partial charge is 0.478 e. The van der Waals surface area contributed by atoms with Gasteiger partial charge in [-0.2, -0.15) is 0 Å². The summed E-state index contributed by atoms with van der Waals surface area (Å²) in [5.41, 5.74) is 2.29. The van der Waals surface area contributed by atoms with Gasteiger partial charge in [-0.1, -0.05) is 43.4 Å². The molecule has 1 aliphatic carbocycles. The lowest BCUT2D eigenvalue weighted by Crippen LogP contribution is -2.23. The van der Waals surface area contributed by atoms with Gasteiger partial charge >= 0.3 is 5.97 Å². The number of fused-ring (bicyclic) bond motifs is 1. The standard InChI is InChI=1S/C22H18F2N2O2S/c1-22(2)11-13(3-6-15(22)20(27)28)12-4-7-17(16(24)9-12)25-21-26-18-8-5-14(23)10-19(18)29-21/h3-10H,11H2,1-2H3,(H,25,26)(H,27,28). The fraction of sp³-hybridized carbons (Fsp3) is 0.182. The third-order valence-electron chi connectivity index (χ3n) is 4.98. The van der Waals surface area contributed by atoms with E-state index < -0.39 is 17.2 Å². The fourth-order valence-electron chi connectivity index (χ4n) is 3.48. The van der Waals surface area contributed by atoms with Crippen LogP contribution < -0.4 is 5.32 Å². The van der Waals surface area contributed by atoms with Gasteiger partial charge in [0.1, 0.15) is 11.6 Å². The molecular formula is C22H18F2N2O2S. The van der Waals surface area contributed by atoms with Crippen molar-refractivity contribution in [3.05, 3.63) is 71.3 Å². The van der Waals surface area contributed by atoms with Crippen LogP contribution in [0.4, 0.5) is 19.6 Å². The van der Waals surface area contributed by atoms with Crippen LogP contribution in [0.15, 0.2) is 54.1 Å². The molecule has 29 heavy (non-hydrogen) atoms. The van der Waals surface area contributed by atoms with Gasteiger partial charge in [-0.05, 0) is 47.9 Å². The molecule has 4 rings (SSSR count). The van der Waals surface area contributed by atoms with E-state index in [0.717, 1.165) is 5.57 Å². The van der Waals surface area contributed by atoms with E-state index in [9.17, 15) is 18.7 Å². The van der Waals surface area contributed by atoms with Gasteiger partial charge in [-0.25, -0.2) is 18.6 Å². The molecule has 2 aromatic carbocycles. The number of nitrogens with zero attached hydrogens (tertiary/aromatic N) is 1. The minimum absolute atomic E-state index is 0.269. The number of carboxylic acids is 1. The van der Waals surface area contributed by atoms with Gasteiger partial charge in [0.05, 0.1) is 15.9 Å². The molecule has 1 aliphatic rings. The summed E-state index contributed by atoms with van der Waals surface area (Å²) in [4.78, 5) is 15.7. The van der Waals surface area contributed by atoms with Crippen LogP contribution in [-0.2, 0) is 4.79 Å². The fourth-order valence-corrected chi connectivity index (χ4v) is 4.39. The molecule has 148 valence electrons. The lowest BCUT2D eigenvalue weighted by Gasteiger charge is -2.30. The molecule has 0 fully saturated rings. The Morgan fingerprint density at radius 3 is 2.66 bits per heavy atom. The number of thiazole rings is 1. The molecule has 7 heteroatoms. The summed E-state index contributed by atoms with van der Waals surface area (Å²) < 4.78 is 28.7. The predicted molar refractivity (Wildman–Crippen MR) is 111 cm³/mol. The Hall–Kier alpha value is -3.06. The van der Waals surface area contributed by atoms with Crippen LogP contribution in [0.2, 0.25) is 0 Å². The van der Waals surface area contributed by atoms with Crippen molar-refractivity contribution in [1.82, 2.24) is 4.98 Å². The Kier molecular flexibility index (Phi) is 4.70. The second-order valence-corrected chi connectivity index (χ2v) is 8.62. The second-order valence-electron chi connectivity index (χ2n) is 7.59. The molecule has 0 aliphatic heterocycles. The third-order valence-corrected chi connectivity index (χ3v) is 5.91. The van der Waals surface area contributed by atoms with E-state index in [2.05, 4.69) is 10.3 Å². The molecule has 0 unspecified atom stereocenters. The molecule has 0 radical (unpaired) electrons. The van der Waals surface area contributed by atoms with E-state index >= 15 is 0 Å². The average Bonchev–Trinajstić information content (AvgIpc) is 3.03. The molecule has 2 N–H and O–H groups in total. The summed E-state index contributed by atoms with van der Waals surface area (Å²) in [6, 6.07) is 9.17. The zero-order chi connectivity index (χ0) is 20.8. The number of hydrogen-bond donors (Lipinski definition) is 2. The first-order valence-corrected chi connectivity index (χ1v) is 9.82. The number of aliphatic carboxylic acids is 1. The van der Waals surface area contributed by atoms with E-state index in [0.29, 0.717) is 32.9 Å². The Morgan fingerprint density at radius 1 is 1.17 bits per heavy atom. The lowest BCUT2D eigenvalue weighted by atomic mass is 9.74. The first kappa shape index (κ1) is 19.3. The molecule has 4 nitrogen and oxygen atoms in total. The topological polar surface area (TPSA) is 62.2 Å². The highest BCUT2D eigenvalue weighted by molar-refractivity contribution is 7.22. The van der Waals surface area contributed by atoms with Crippen molar-refractivity contribution >= 4 is 43.9 Å². The number of carbonyl (C=O) groups is 1. The Balaban J connectivity index is 1.60. The summed E-state index contributed by atoms with van der Waals surface area (Å²) in [6.45, 7) is 3.73. The Labute approximate surface area is 170 Å². The maximum Gasteiger partial charge on any atom is 0.332 e. The highest BCUT2D eigenvalue weighted by atomic mass is 32.1. The minimum Gasteiger partial charge on any atom is -0.478 e. The van der Waals surface area contributed by atoms with E-state index in [1.165, 1.54) is 29.5 Å². The number of benzene rings is 2. The van der Waals surface area contributed by atoms with Gasteiger partial charge in [0.25, 0.3) is 0 Å². The molecule has 0 bridgehead atoms. The van der Waals surface area contributed by atoms with Crippen molar-refractivity contribution in [2.45, 2.75) is 20.3 Å². The monoisotopic (exact) mass is 412 g/mol. The summed E-state index contributed by atoms with van der Waals surface area (Å²) in [5.74, 6) is -1.72. The highest BCUT2D eigenvalue weighted by Crippen LogP contribution is 2.41. The SMILES string of the molecule is CC1(C)CC(c2ccc(Nc3nc4ccc(F)cc4s3)c(F)c2)=CC=C1C(=O)O. The van der Waals surface area contributed by atoms with Crippen molar-refractivity contribution in [3.8, 4) is 0 Å². The predicted octanol–water partition coefficient (Wildman–Crippen LogP) is 6.14. The first-order valence-electron chi connectivity index (χ1n) is 9.01. The first-order chi connectivity index (χ1) is 13.7. The van der Waals surface area contributed by atoms with Gasteiger partial charge < -0.3 is 10.4 Å². The number of nitrogens with one attached hydrogen (secondary N) is 1. The number of halogens is 2. The molecule has 1 aromatic heterocycles. The van der Waals surface area contributed by atoms with Crippen molar-refractivity contribution < 1.29 is 18.7 Å². The number of rotatable bonds is 4. The molecule has 0 spiro atoms. The zero-order valence-electron chi connectivity index (χ0n) is 15.8. The van der Waals surface area contributed by atoms with Crippen molar-refractivity contribution in [1.29, 1.82) is 0 Å². The maximum absolute atomic E-state index is 14.7. The number of aromatic nitrogens is 1. The molecule has 1 heterocycles. The summed E-state index contributed by atoms with van der Waals surface area (Å²) >= 11 is 1.25. The van der Waals surface area contributed by atoms with Crippen molar-refractivity contribution in [3.63, 3.8) is 0 Å². The van der Waals surface area contributed by atoms with Gasteiger partial charge in [0, 0.05) is 11.0 Å². The van der Waals surface area contributed by atoms with E-state index in [1.54, 1.807) is 30.4 Å². The van der Waals surface area contributed by atoms with Crippen LogP contribution in [0.3, 0.4) is 0 Å². The number of allylic oxidation sites excluding steroid dienone is 3. The average molecular weight is 412 g/mol. The normalized spacial score (nSPS) is 15.7. The maximum atomic E-state index is 14.7. The third kappa shape index (κ3) is 3.78. The minimum atomic E-state index is -0.938. The molecular weight excluding hydrogens is 394 g/mol. The zero-order valence-corrected chi connectivity index (χ0v) is 16.6. The summed E-state index contributed by atoms with van der Waals surface area (Å²) in [7, 11) is 0. The van der Waals surface area contributed by atoms with E-state index in [4.69, 9.17) is 0 Å². The van der Waals surface area contributed by atoms with Crippen LogP contribution >= 0.6 is 11.3 Å². The van der Waals surface area contributed by atoms with E-state index in [1.807, 2.05) is 13.8 Å². The van der Waals surface area contributed by atoms with Crippen LogP contribution in [0.25, 0.3) is 15.8 Å².